The average Bonchev–Trinajstić information content (AvgIpc) is 3.42. The van der Waals surface area contributed by atoms with Crippen LogP contribution in [0.4, 0.5) is 0 Å². The smallest absolute Gasteiger partial charge is 0.295 e. The maximum absolute atomic E-state index is 12.9. The first-order chi connectivity index (χ1) is 13.5. The van der Waals surface area contributed by atoms with Crippen LogP contribution in [-0.2, 0) is 14.3 Å². The Kier molecular flexibility index (Phi) is 5.08. The molecule has 6 heteroatoms. The van der Waals surface area contributed by atoms with Crippen molar-refractivity contribution in [3.8, 4) is 0 Å². The fourth-order valence-electron chi connectivity index (χ4n) is 3.86. The highest BCUT2D eigenvalue weighted by Gasteiger charge is 2.47. The molecule has 1 aromatic heterocycles. The molecule has 1 aromatic carbocycles. The van der Waals surface area contributed by atoms with Crippen LogP contribution in [-0.4, -0.2) is 41.0 Å². The Hall–Kier alpha value is -2.44. The number of aryl methyl sites for hydroxylation is 2. The van der Waals surface area contributed by atoms with Crippen LogP contribution < -0.4 is 0 Å². The molecule has 2 fully saturated rings. The van der Waals surface area contributed by atoms with E-state index in [4.69, 9.17) is 4.74 Å². The van der Waals surface area contributed by atoms with E-state index in [1.54, 1.807) is 11.0 Å². The molecule has 0 spiro atoms. The highest BCUT2D eigenvalue weighted by Crippen LogP contribution is 2.41. The number of ether oxygens (including phenoxy) is 1. The third-order valence-electron chi connectivity index (χ3n) is 5.56. The van der Waals surface area contributed by atoms with Gasteiger partial charge in [-0.05, 0) is 55.3 Å². The summed E-state index contributed by atoms with van der Waals surface area (Å²) in [5, 5.41) is 12.9. The van der Waals surface area contributed by atoms with Crippen molar-refractivity contribution in [1.82, 2.24) is 4.90 Å². The number of hydrogen-bond acceptors (Lipinski definition) is 5. The van der Waals surface area contributed by atoms with Gasteiger partial charge in [0.2, 0.25) is 0 Å². The molecule has 1 N–H and O–H groups in total. The summed E-state index contributed by atoms with van der Waals surface area (Å²) in [6.07, 6.45) is 1.76. The zero-order valence-electron chi connectivity index (χ0n) is 16.0. The molecular weight excluding hydrogens is 374 g/mol. The van der Waals surface area contributed by atoms with E-state index in [-0.39, 0.29) is 17.4 Å². The molecule has 0 bridgehead atoms. The third-order valence-corrected chi connectivity index (χ3v) is 6.48. The van der Waals surface area contributed by atoms with Crippen molar-refractivity contribution in [3.05, 3.63) is 62.9 Å². The molecule has 2 unspecified atom stereocenters. The maximum atomic E-state index is 12.9. The minimum atomic E-state index is -0.632. The molecular formula is C22H23NO4S. The second kappa shape index (κ2) is 7.53. The Balaban J connectivity index is 1.80. The van der Waals surface area contributed by atoms with Gasteiger partial charge in [-0.2, -0.15) is 0 Å². The normalized spacial score (nSPS) is 24.3. The molecule has 0 aliphatic carbocycles. The van der Waals surface area contributed by atoms with Crippen molar-refractivity contribution in [2.75, 3.05) is 13.2 Å². The van der Waals surface area contributed by atoms with Gasteiger partial charge in [-0.1, -0.05) is 18.2 Å². The van der Waals surface area contributed by atoms with E-state index in [1.807, 2.05) is 43.5 Å². The lowest BCUT2D eigenvalue weighted by atomic mass is 9.97. The molecule has 0 radical (unpaired) electrons. The van der Waals surface area contributed by atoms with Crippen LogP contribution in [0.15, 0.2) is 41.3 Å². The summed E-state index contributed by atoms with van der Waals surface area (Å²) in [6.45, 7) is 4.99. The Morgan fingerprint density at radius 3 is 2.71 bits per heavy atom. The molecule has 2 aliphatic rings. The molecule has 5 nitrogen and oxygen atoms in total. The minimum Gasteiger partial charge on any atom is -0.507 e. The summed E-state index contributed by atoms with van der Waals surface area (Å²) in [4.78, 5) is 28.2. The van der Waals surface area contributed by atoms with Gasteiger partial charge in [0, 0.05) is 23.6 Å². The largest absolute Gasteiger partial charge is 0.507 e. The van der Waals surface area contributed by atoms with Gasteiger partial charge in [0.25, 0.3) is 11.7 Å². The number of likely N-dealkylation sites (tertiary alicyclic amines) is 1. The van der Waals surface area contributed by atoms with Gasteiger partial charge in [-0.15, -0.1) is 11.3 Å². The highest BCUT2D eigenvalue weighted by molar-refractivity contribution is 7.10. The number of nitrogens with zero attached hydrogens (tertiary/aromatic N) is 1. The van der Waals surface area contributed by atoms with Gasteiger partial charge in [0.15, 0.2) is 0 Å². The molecule has 2 aliphatic heterocycles. The first kappa shape index (κ1) is 18.9. The predicted octanol–water partition coefficient (Wildman–Crippen LogP) is 3.97. The van der Waals surface area contributed by atoms with Crippen LogP contribution in [0.5, 0.6) is 0 Å². The number of Topliss-reactive ketones (excluding diaryl/α,β-unsaturated/α-hetero) is 1. The van der Waals surface area contributed by atoms with Gasteiger partial charge in [0.1, 0.15) is 5.76 Å². The molecule has 2 atom stereocenters. The van der Waals surface area contributed by atoms with Gasteiger partial charge in [-0.25, -0.2) is 0 Å². The quantitative estimate of drug-likeness (QED) is 0.482. The van der Waals surface area contributed by atoms with Gasteiger partial charge in [0.05, 0.1) is 17.7 Å². The Labute approximate surface area is 168 Å². The molecule has 146 valence electrons. The lowest BCUT2D eigenvalue weighted by molar-refractivity contribution is -0.140. The number of thiophene rings is 1. The van der Waals surface area contributed by atoms with Crippen LogP contribution >= 0.6 is 11.3 Å². The van der Waals surface area contributed by atoms with Crippen LogP contribution in [0, 0.1) is 13.8 Å². The molecule has 0 saturated carbocycles. The van der Waals surface area contributed by atoms with Crippen molar-refractivity contribution >= 4 is 28.8 Å². The van der Waals surface area contributed by atoms with Gasteiger partial charge in [-0.3, -0.25) is 9.59 Å². The second-order valence-corrected chi connectivity index (χ2v) is 8.38. The Bertz CT molecular complexity index is 941. The minimum absolute atomic E-state index is 0.0673. The van der Waals surface area contributed by atoms with Crippen LogP contribution in [0.25, 0.3) is 5.76 Å². The standard InChI is InChI=1S/C22H23NO4S/c1-13-7-8-15(11-14(13)2)20(24)18-19(17-6-4-10-28-17)23(22(26)21(18)25)12-16-5-3-9-27-16/h4,6-8,10-11,16,19,24H,3,5,9,12H2,1-2H3/b20-18-. The highest BCUT2D eigenvalue weighted by atomic mass is 32.1. The average molecular weight is 397 g/mol. The van der Waals surface area contributed by atoms with E-state index < -0.39 is 17.7 Å². The summed E-state index contributed by atoms with van der Waals surface area (Å²) in [7, 11) is 0. The molecule has 28 heavy (non-hydrogen) atoms. The summed E-state index contributed by atoms with van der Waals surface area (Å²) >= 11 is 1.48. The van der Waals surface area contributed by atoms with E-state index in [9.17, 15) is 14.7 Å². The van der Waals surface area contributed by atoms with E-state index in [0.717, 1.165) is 28.8 Å². The van der Waals surface area contributed by atoms with E-state index >= 15 is 0 Å². The molecule has 3 heterocycles. The van der Waals surface area contributed by atoms with Gasteiger partial charge >= 0.3 is 0 Å². The van der Waals surface area contributed by atoms with Crippen molar-refractivity contribution in [1.29, 1.82) is 0 Å². The first-order valence-electron chi connectivity index (χ1n) is 9.48. The number of benzene rings is 1. The Morgan fingerprint density at radius 1 is 1.25 bits per heavy atom. The van der Waals surface area contributed by atoms with Crippen LogP contribution in [0.1, 0.15) is 40.5 Å². The molecule has 4 rings (SSSR count). The monoisotopic (exact) mass is 397 g/mol. The molecule has 1 amide bonds. The molecule has 2 aromatic rings. The predicted molar refractivity (Wildman–Crippen MR) is 108 cm³/mol. The number of rotatable bonds is 4. The number of amides is 1. The van der Waals surface area contributed by atoms with Crippen molar-refractivity contribution in [2.24, 2.45) is 0 Å². The number of carbonyl (C=O) groups excluding carboxylic acids is 2. The first-order valence-corrected chi connectivity index (χ1v) is 10.4. The fraction of sp³-hybridized carbons (Fsp3) is 0.364. The number of ketones is 1. The second-order valence-electron chi connectivity index (χ2n) is 7.40. The maximum Gasteiger partial charge on any atom is 0.295 e. The summed E-state index contributed by atoms with van der Waals surface area (Å²) in [5.74, 6) is -1.32. The number of aliphatic hydroxyl groups excluding tert-OH is 1. The third kappa shape index (κ3) is 3.27. The Morgan fingerprint density at radius 2 is 2.07 bits per heavy atom. The van der Waals surface area contributed by atoms with Crippen LogP contribution in [0.3, 0.4) is 0 Å². The lowest BCUT2D eigenvalue weighted by Crippen LogP contribution is -2.36. The SMILES string of the molecule is Cc1ccc(/C(O)=C2/C(=O)C(=O)N(CC3CCCO3)C2c2cccs2)cc1C. The number of aliphatic hydroxyl groups is 1. The number of hydrogen-bond donors (Lipinski definition) is 1. The summed E-state index contributed by atoms with van der Waals surface area (Å²) in [5.41, 5.74) is 2.84. The topological polar surface area (TPSA) is 66.8 Å². The fourth-order valence-corrected chi connectivity index (χ4v) is 4.71. The van der Waals surface area contributed by atoms with Crippen molar-refractivity contribution < 1.29 is 19.4 Å². The van der Waals surface area contributed by atoms with Crippen LogP contribution in [0.2, 0.25) is 0 Å². The van der Waals surface area contributed by atoms with E-state index in [0.29, 0.717) is 18.7 Å². The number of carbonyl (C=O) groups is 2. The van der Waals surface area contributed by atoms with Crippen molar-refractivity contribution in [2.45, 2.75) is 38.8 Å². The van der Waals surface area contributed by atoms with E-state index in [1.165, 1.54) is 11.3 Å². The van der Waals surface area contributed by atoms with Crippen molar-refractivity contribution in [3.63, 3.8) is 0 Å². The lowest BCUT2D eigenvalue weighted by Gasteiger charge is -2.26. The van der Waals surface area contributed by atoms with Gasteiger partial charge < -0.3 is 14.7 Å². The molecule has 2 saturated heterocycles. The zero-order valence-corrected chi connectivity index (χ0v) is 16.8. The zero-order chi connectivity index (χ0) is 19.8. The summed E-state index contributed by atoms with van der Waals surface area (Å²) in [6, 6.07) is 8.76. The van der Waals surface area contributed by atoms with E-state index in [2.05, 4.69) is 0 Å². The summed E-state index contributed by atoms with van der Waals surface area (Å²) < 4.78 is 5.69.